The second-order valence-corrected chi connectivity index (χ2v) is 13.7. The predicted octanol–water partition coefficient (Wildman–Crippen LogP) is 5.14. The number of rotatable bonds is 6. The minimum atomic E-state index is -4.88. The van der Waals surface area contributed by atoms with E-state index in [0.717, 1.165) is 10.2 Å². The van der Waals surface area contributed by atoms with Crippen LogP contribution in [-0.2, 0) is 25.7 Å². The zero-order valence-corrected chi connectivity index (χ0v) is 26.3. The summed E-state index contributed by atoms with van der Waals surface area (Å²) < 4.78 is 76.7. The van der Waals surface area contributed by atoms with Crippen LogP contribution in [0.4, 0.5) is 23.9 Å². The fraction of sp³-hybridized carbons (Fsp3) is 0.355. The van der Waals surface area contributed by atoms with Crippen molar-refractivity contribution in [3.8, 4) is 11.3 Å². The number of aromatic nitrogens is 3. The summed E-state index contributed by atoms with van der Waals surface area (Å²) in [5, 5.41) is 5.79. The van der Waals surface area contributed by atoms with E-state index in [1.54, 1.807) is 51.1 Å². The number of likely N-dealkylation sites (tertiary alicyclic amines) is 1. The molecule has 244 valence electrons. The molecule has 2 atom stereocenters. The molecule has 1 fully saturated rings. The number of ether oxygens (including phenoxy) is 1. The average Bonchev–Trinajstić information content (AvgIpc) is 3.40. The molecule has 3 heterocycles. The lowest BCUT2D eigenvalue weighted by Gasteiger charge is -2.38. The normalized spacial score (nSPS) is 17.5. The van der Waals surface area contributed by atoms with Gasteiger partial charge < -0.3 is 20.3 Å². The molecule has 0 bridgehead atoms. The van der Waals surface area contributed by atoms with E-state index in [9.17, 15) is 31.2 Å². The third kappa shape index (κ3) is 6.78. The van der Waals surface area contributed by atoms with Crippen LogP contribution in [-0.4, -0.2) is 71.0 Å². The van der Waals surface area contributed by atoms with Gasteiger partial charge in [0.1, 0.15) is 11.2 Å². The molecule has 11 nitrogen and oxygen atoms in total. The van der Waals surface area contributed by atoms with Gasteiger partial charge in [-0.1, -0.05) is 36.4 Å². The lowest BCUT2D eigenvalue weighted by atomic mass is 9.93. The first-order chi connectivity index (χ1) is 21.6. The van der Waals surface area contributed by atoms with E-state index in [1.165, 1.54) is 36.2 Å². The van der Waals surface area contributed by atoms with Crippen LogP contribution in [0.15, 0.2) is 71.9 Å². The summed E-state index contributed by atoms with van der Waals surface area (Å²) >= 11 is 0. The van der Waals surface area contributed by atoms with Gasteiger partial charge >= 0.3 is 12.3 Å². The largest absolute Gasteiger partial charge is 0.444 e. The van der Waals surface area contributed by atoms with E-state index in [-0.39, 0.29) is 52.7 Å². The van der Waals surface area contributed by atoms with Crippen LogP contribution in [0.25, 0.3) is 22.2 Å². The lowest BCUT2D eigenvalue weighted by Crippen LogP contribution is -2.53. The van der Waals surface area contributed by atoms with Crippen molar-refractivity contribution in [2.45, 2.75) is 49.9 Å². The molecular formula is C31H33F3N6O5S. The number of benzene rings is 2. The van der Waals surface area contributed by atoms with Crippen LogP contribution in [0.3, 0.4) is 0 Å². The third-order valence-corrected chi connectivity index (χ3v) is 9.07. The van der Waals surface area contributed by atoms with Gasteiger partial charge in [-0.2, -0.15) is 13.2 Å². The molecule has 2 aromatic carbocycles. The van der Waals surface area contributed by atoms with Crippen LogP contribution < -0.4 is 10.6 Å². The first-order valence-corrected chi connectivity index (χ1v) is 15.8. The molecule has 1 aliphatic heterocycles. The van der Waals surface area contributed by atoms with Gasteiger partial charge in [-0.15, -0.1) is 0 Å². The number of carbonyl (C=O) groups excluding carboxylic acids is 2. The molecule has 0 saturated carbocycles. The number of nitrogens with zero attached hydrogens (tertiary/aromatic N) is 4. The van der Waals surface area contributed by atoms with Crippen molar-refractivity contribution < 1.29 is 35.9 Å². The molecule has 0 radical (unpaired) electrons. The smallest absolute Gasteiger partial charge is 0.419 e. The van der Waals surface area contributed by atoms with Gasteiger partial charge in [-0.05, 0) is 45.4 Å². The minimum Gasteiger partial charge on any atom is -0.444 e. The van der Waals surface area contributed by atoms with Crippen LogP contribution in [0.2, 0.25) is 0 Å². The number of hydrogen-bond acceptors (Lipinski definition) is 8. The van der Waals surface area contributed by atoms with Crippen molar-refractivity contribution in [2.75, 3.05) is 25.5 Å². The molecule has 46 heavy (non-hydrogen) atoms. The van der Waals surface area contributed by atoms with Gasteiger partial charge in [-0.25, -0.2) is 27.2 Å². The molecule has 15 heteroatoms. The lowest BCUT2D eigenvalue weighted by molar-refractivity contribution is -0.137. The van der Waals surface area contributed by atoms with Gasteiger partial charge in [0.25, 0.3) is 10.0 Å². The summed E-state index contributed by atoms with van der Waals surface area (Å²) in [6, 6.07) is 13.1. The Kier molecular flexibility index (Phi) is 8.73. The zero-order valence-electron chi connectivity index (χ0n) is 25.5. The van der Waals surface area contributed by atoms with Gasteiger partial charge in [0.2, 0.25) is 11.9 Å². The summed E-state index contributed by atoms with van der Waals surface area (Å²) in [7, 11) is -2.72. The number of hydrogen-bond donors (Lipinski definition) is 2. The number of piperidine rings is 1. The summed E-state index contributed by atoms with van der Waals surface area (Å²) in [6.07, 6.45) is -3.53. The number of fused-ring (bicyclic) bond motifs is 1. The molecule has 0 spiro atoms. The number of nitrogens with one attached hydrogen (secondary N) is 2. The highest BCUT2D eigenvalue weighted by Gasteiger charge is 2.38. The van der Waals surface area contributed by atoms with E-state index >= 15 is 0 Å². The number of alkyl halides is 3. The number of carbonyl (C=O) groups is 2. The Morgan fingerprint density at radius 1 is 1.00 bits per heavy atom. The van der Waals surface area contributed by atoms with Gasteiger partial charge in [0.05, 0.1) is 22.0 Å². The first kappa shape index (κ1) is 32.7. The Morgan fingerprint density at radius 2 is 1.67 bits per heavy atom. The van der Waals surface area contributed by atoms with E-state index in [0.29, 0.717) is 6.20 Å². The van der Waals surface area contributed by atoms with Crippen LogP contribution in [0, 0.1) is 5.92 Å². The van der Waals surface area contributed by atoms with Crippen molar-refractivity contribution in [2.24, 2.45) is 5.92 Å². The minimum absolute atomic E-state index is 0.0408. The van der Waals surface area contributed by atoms with E-state index in [4.69, 9.17) is 4.74 Å². The average molecular weight is 659 g/mol. The second-order valence-electron chi connectivity index (χ2n) is 11.9. The van der Waals surface area contributed by atoms with Crippen molar-refractivity contribution in [1.29, 1.82) is 0 Å². The third-order valence-electron chi connectivity index (χ3n) is 7.38. The molecule has 1 saturated heterocycles. The van der Waals surface area contributed by atoms with Crippen LogP contribution in [0.1, 0.15) is 32.8 Å². The topological polar surface area (TPSA) is 136 Å². The fourth-order valence-electron chi connectivity index (χ4n) is 5.36. The summed E-state index contributed by atoms with van der Waals surface area (Å²) in [4.78, 5) is 35.0. The number of amides is 2. The fourth-order valence-corrected chi connectivity index (χ4v) is 6.75. The Hall–Kier alpha value is -4.66. The van der Waals surface area contributed by atoms with Gasteiger partial charge in [-0.3, -0.25) is 4.79 Å². The Bertz CT molecular complexity index is 1870. The number of anilines is 1. The summed E-state index contributed by atoms with van der Waals surface area (Å²) in [6.45, 7) is 5.28. The predicted molar refractivity (Wildman–Crippen MR) is 164 cm³/mol. The monoisotopic (exact) mass is 658 g/mol. The number of para-hydroxylation sites is 1. The van der Waals surface area contributed by atoms with Crippen molar-refractivity contribution in [1.82, 2.24) is 24.2 Å². The van der Waals surface area contributed by atoms with E-state index in [2.05, 4.69) is 20.6 Å². The van der Waals surface area contributed by atoms with Crippen LogP contribution in [0.5, 0.6) is 0 Å². The second kappa shape index (κ2) is 12.3. The van der Waals surface area contributed by atoms with Crippen LogP contribution >= 0.6 is 0 Å². The first-order valence-electron chi connectivity index (χ1n) is 14.4. The maximum absolute atomic E-state index is 14.4. The zero-order chi connectivity index (χ0) is 33.4. The maximum Gasteiger partial charge on any atom is 0.419 e. The molecule has 0 unspecified atom stereocenters. The van der Waals surface area contributed by atoms with Gasteiger partial charge in [0, 0.05) is 49.5 Å². The molecule has 4 aromatic rings. The SMILES string of the molecule is CNC(=O)[C@@H]1C[C@@H](Nc2ncc(C(F)(F)F)c(-c3cn(S(=O)(=O)c4ccccc4)c4ccccc34)n2)CN(C(=O)OC(C)(C)C)C1. The molecule has 2 N–H and O–H groups in total. The molecule has 2 amide bonds. The highest BCUT2D eigenvalue weighted by atomic mass is 32.2. The molecular weight excluding hydrogens is 625 g/mol. The Labute approximate surface area is 263 Å². The summed E-state index contributed by atoms with van der Waals surface area (Å²) in [5.41, 5.74) is -2.41. The molecule has 2 aromatic heterocycles. The van der Waals surface area contributed by atoms with Crippen molar-refractivity contribution in [3.05, 3.63) is 72.6 Å². The highest BCUT2D eigenvalue weighted by Crippen LogP contribution is 2.40. The molecule has 5 rings (SSSR count). The molecule has 1 aliphatic rings. The molecule has 0 aliphatic carbocycles. The van der Waals surface area contributed by atoms with Crippen molar-refractivity contribution >= 4 is 38.9 Å². The highest BCUT2D eigenvalue weighted by molar-refractivity contribution is 7.90. The standard InChI is InChI=1S/C31H33F3N6O5S/c1-30(2,3)45-29(42)39-16-19(27(41)35-4)14-20(17-39)37-28-36-15-24(31(32,33)34)26(38-28)23-18-40(25-13-9-8-12-22(23)25)46(43,44)21-10-6-5-7-11-21/h5-13,15,18-20H,14,16-17H2,1-4H3,(H,35,41)(H,36,37,38)/t19-,20-/m1/s1. The summed E-state index contributed by atoms with van der Waals surface area (Å²) in [5.74, 6) is -1.15. The Morgan fingerprint density at radius 3 is 2.33 bits per heavy atom. The Balaban J connectivity index is 1.57. The van der Waals surface area contributed by atoms with E-state index < -0.39 is 51.1 Å². The maximum atomic E-state index is 14.4. The quantitative estimate of drug-likeness (QED) is 0.291. The number of halogens is 3. The van der Waals surface area contributed by atoms with E-state index in [1.807, 2.05) is 0 Å². The van der Waals surface area contributed by atoms with Crippen molar-refractivity contribution in [3.63, 3.8) is 0 Å². The van der Waals surface area contributed by atoms with Gasteiger partial charge in [0.15, 0.2) is 0 Å².